The molecule has 3 nitrogen and oxygen atoms in total. The van der Waals surface area contributed by atoms with Crippen molar-refractivity contribution in [1.82, 2.24) is 0 Å². The molecule has 18 heavy (non-hydrogen) atoms. The zero-order valence-corrected chi connectivity index (χ0v) is 10.7. The van der Waals surface area contributed by atoms with Crippen LogP contribution in [-0.4, -0.2) is 24.9 Å². The van der Waals surface area contributed by atoms with Crippen LogP contribution < -0.4 is 5.73 Å². The van der Waals surface area contributed by atoms with Gasteiger partial charge in [0.15, 0.2) is 0 Å². The Morgan fingerprint density at radius 3 is 2.61 bits per heavy atom. The fraction of sp³-hybridized carbons (Fsp3) is 0.600. The molecule has 0 amide bonds. The number of rotatable bonds is 2. The van der Waals surface area contributed by atoms with Gasteiger partial charge >= 0.3 is 0 Å². The number of aryl methyl sites for hydroxylation is 1. The Hall–Kier alpha value is -0.900. The Bertz CT molecular complexity index is 440. The molecular formula is C15H21NO2. The van der Waals surface area contributed by atoms with Crippen LogP contribution in [0.15, 0.2) is 24.3 Å². The first kappa shape index (κ1) is 12.2. The molecule has 3 heteroatoms. The highest BCUT2D eigenvalue weighted by atomic mass is 16.5. The van der Waals surface area contributed by atoms with Crippen LogP contribution in [0.5, 0.6) is 0 Å². The van der Waals surface area contributed by atoms with Gasteiger partial charge in [-0.05, 0) is 36.8 Å². The maximum absolute atomic E-state index is 11.3. The molecular weight excluding hydrogens is 226 g/mol. The van der Waals surface area contributed by atoms with E-state index >= 15 is 0 Å². The third-order valence-corrected chi connectivity index (χ3v) is 4.94. The van der Waals surface area contributed by atoms with E-state index in [1.54, 1.807) is 0 Å². The highest BCUT2D eigenvalue weighted by molar-refractivity contribution is 5.39. The smallest absolute Gasteiger partial charge is 0.0972 e. The molecule has 1 heterocycles. The van der Waals surface area contributed by atoms with E-state index in [0.29, 0.717) is 19.8 Å². The van der Waals surface area contributed by atoms with Gasteiger partial charge in [0.2, 0.25) is 0 Å². The zero-order valence-electron chi connectivity index (χ0n) is 10.7. The summed E-state index contributed by atoms with van der Waals surface area (Å²) >= 11 is 0. The van der Waals surface area contributed by atoms with E-state index < -0.39 is 5.60 Å². The normalized spacial score (nSPS) is 30.1. The molecule has 1 saturated heterocycles. The van der Waals surface area contributed by atoms with E-state index in [-0.39, 0.29) is 5.41 Å². The minimum absolute atomic E-state index is 0.210. The third kappa shape index (κ3) is 1.54. The van der Waals surface area contributed by atoms with Crippen LogP contribution >= 0.6 is 0 Å². The summed E-state index contributed by atoms with van der Waals surface area (Å²) in [5.74, 6) is 0. The summed E-state index contributed by atoms with van der Waals surface area (Å²) in [5.41, 5.74) is 7.44. The largest absolute Gasteiger partial charge is 0.385 e. The molecule has 0 aromatic heterocycles. The molecule has 1 aromatic carbocycles. The fourth-order valence-electron chi connectivity index (χ4n) is 3.69. The fourth-order valence-corrected chi connectivity index (χ4v) is 3.69. The van der Waals surface area contributed by atoms with Crippen molar-refractivity contribution in [3.05, 3.63) is 35.4 Å². The first-order valence-electron chi connectivity index (χ1n) is 6.80. The van der Waals surface area contributed by atoms with Crippen LogP contribution in [-0.2, 0) is 16.8 Å². The van der Waals surface area contributed by atoms with Crippen molar-refractivity contribution >= 4 is 0 Å². The average molecular weight is 247 g/mol. The van der Waals surface area contributed by atoms with Gasteiger partial charge in [-0.15, -0.1) is 0 Å². The van der Waals surface area contributed by atoms with E-state index in [2.05, 4.69) is 12.1 Å². The Kier molecular flexibility index (Phi) is 2.93. The lowest BCUT2D eigenvalue weighted by Gasteiger charge is -2.47. The number of aliphatic hydroxyl groups is 1. The van der Waals surface area contributed by atoms with Gasteiger partial charge in [-0.2, -0.15) is 0 Å². The first-order chi connectivity index (χ1) is 8.72. The maximum Gasteiger partial charge on any atom is 0.0972 e. The monoisotopic (exact) mass is 247 g/mol. The van der Waals surface area contributed by atoms with Crippen molar-refractivity contribution in [3.63, 3.8) is 0 Å². The molecule has 0 spiro atoms. The Morgan fingerprint density at radius 1 is 1.17 bits per heavy atom. The summed E-state index contributed by atoms with van der Waals surface area (Å²) < 4.78 is 5.45. The van der Waals surface area contributed by atoms with Crippen molar-refractivity contribution < 1.29 is 9.84 Å². The predicted octanol–water partition coefficient (Wildman–Crippen LogP) is 1.58. The van der Waals surface area contributed by atoms with Crippen molar-refractivity contribution in [1.29, 1.82) is 0 Å². The van der Waals surface area contributed by atoms with Gasteiger partial charge in [0.25, 0.3) is 0 Å². The van der Waals surface area contributed by atoms with Crippen LogP contribution in [0.3, 0.4) is 0 Å². The lowest BCUT2D eigenvalue weighted by atomic mass is 9.64. The molecule has 98 valence electrons. The number of ether oxygens (including phenoxy) is 1. The standard InChI is InChI=1S/C15H21NO2/c16-11-14(7-9-18-10-8-14)15(17)6-5-12-3-1-2-4-13(12)15/h1-4,17H,5-11,16H2. The Balaban J connectivity index is 2.04. The van der Waals surface area contributed by atoms with Gasteiger partial charge in [0.1, 0.15) is 0 Å². The van der Waals surface area contributed by atoms with E-state index in [9.17, 15) is 5.11 Å². The molecule has 0 saturated carbocycles. The minimum atomic E-state index is -0.762. The topological polar surface area (TPSA) is 55.5 Å². The molecule has 3 rings (SSSR count). The van der Waals surface area contributed by atoms with Crippen LogP contribution in [0.1, 0.15) is 30.4 Å². The van der Waals surface area contributed by atoms with Crippen LogP contribution in [0.25, 0.3) is 0 Å². The van der Waals surface area contributed by atoms with Gasteiger partial charge in [-0.25, -0.2) is 0 Å². The van der Waals surface area contributed by atoms with Gasteiger partial charge in [-0.1, -0.05) is 24.3 Å². The third-order valence-electron chi connectivity index (χ3n) is 4.94. The van der Waals surface area contributed by atoms with Gasteiger partial charge in [0.05, 0.1) is 5.60 Å². The molecule has 1 aliphatic carbocycles. The lowest BCUT2D eigenvalue weighted by molar-refractivity contribution is -0.133. The number of nitrogens with two attached hydrogens (primary N) is 1. The molecule has 0 radical (unpaired) electrons. The van der Waals surface area contributed by atoms with Gasteiger partial charge in [0, 0.05) is 25.2 Å². The highest BCUT2D eigenvalue weighted by Crippen LogP contribution is 2.53. The highest BCUT2D eigenvalue weighted by Gasteiger charge is 2.53. The van der Waals surface area contributed by atoms with Gasteiger partial charge < -0.3 is 15.6 Å². The summed E-state index contributed by atoms with van der Waals surface area (Å²) in [4.78, 5) is 0. The van der Waals surface area contributed by atoms with E-state index in [1.807, 2.05) is 12.1 Å². The number of fused-ring (bicyclic) bond motifs is 1. The summed E-state index contributed by atoms with van der Waals surface area (Å²) in [6.45, 7) is 1.95. The van der Waals surface area contributed by atoms with Crippen molar-refractivity contribution in [3.8, 4) is 0 Å². The predicted molar refractivity (Wildman–Crippen MR) is 70.2 cm³/mol. The van der Waals surface area contributed by atoms with Crippen LogP contribution in [0.2, 0.25) is 0 Å². The molecule has 0 bridgehead atoms. The molecule has 3 N–H and O–H groups in total. The number of hydrogen-bond acceptors (Lipinski definition) is 3. The zero-order chi connectivity index (χ0) is 12.6. The average Bonchev–Trinajstić information content (AvgIpc) is 2.79. The summed E-state index contributed by atoms with van der Waals surface area (Å²) in [6, 6.07) is 8.24. The summed E-state index contributed by atoms with van der Waals surface area (Å²) in [5, 5.41) is 11.3. The minimum Gasteiger partial charge on any atom is -0.385 e. The van der Waals surface area contributed by atoms with Crippen LogP contribution in [0.4, 0.5) is 0 Å². The maximum atomic E-state index is 11.3. The van der Waals surface area contributed by atoms with E-state index in [1.165, 1.54) is 5.56 Å². The molecule has 2 aliphatic rings. The molecule has 1 aromatic rings. The Morgan fingerprint density at radius 2 is 1.89 bits per heavy atom. The Labute approximate surface area is 108 Å². The van der Waals surface area contributed by atoms with Crippen LogP contribution in [0, 0.1) is 5.41 Å². The second-order valence-corrected chi connectivity index (χ2v) is 5.61. The summed E-state index contributed by atoms with van der Waals surface area (Å²) in [7, 11) is 0. The van der Waals surface area contributed by atoms with E-state index in [0.717, 1.165) is 31.2 Å². The molecule has 1 unspecified atom stereocenters. The molecule has 1 atom stereocenters. The first-order valence-corrected chi connectivity index (χ1v) is 6.80. The number of hydrogen-bond donors (Lipinski definition) is 2. The van der Waals surface area contributed by atoms with E-state index in [4.69, 9.17) is 10.5 Å². The second-order valence-electron chi connectivity index (χ2n) is 5.61. The second kappa shape index (κ2) is 4.34. The SMILES string of the molecule is NCC1(C2(O)CCc3ccccc32)CCOCC1. The number of benzene rings is 1. The molecule has 1 fully saturated rings. The quantitative estimate of drug-likeness (QED) is 0.834. The molecule has 1 aliphatic heterocycles. The van der Waals surface area contributed by atoms with Gasteiger partial charge in [-0.3, -0.25) is 0 Å². The summed E-state index contributed by atoms with van der Waals surface area (Å²) in [6.07, 6.45) is 3.46. The van der Waals surface area contributed by atoms with Crippen molar-refractivity contribution in [2.24, 2.45) is 11.1 Å². The van der Waals surface area contributed by atoms with Crippen molar-refractivity contribution in [2.75, 3.05) is 19.8 Å². The van der Waals surface area contributed by atoms with Crippen molar-refractivity contribution in [2.45, 2.75) is 31.3 Å². The lowest BCUT2D eigenvalue weighted by Crippen LogP contribution is -2.52.